The molecule has 3 rings (SSSR count). The monoisotopic (exact) mass is 195 g/mol. The van der Waals surface area contributed by atoms with Gasteiger partial charge in [-0.25, -0.2) is 0 Å². The van der Waals surface area contributed by atoms with Gasteiger partial charge in [-0.05, 0) is 36.6 Å². The third-order valence-electron chi connectivity index (χ3n) is 3.58. The quantitative estimate of drug-likeness (QED) is 0.573. The Morgan fingerprint density at radius 3 is 3.07 bits per heavy atom. The maximum absolute atomic E-state index is 2.43. The summed E-state index contributed by atoms with van der Waals surface area (Å²) in [5.74, 6) is 0. The molecule has 0 fully saturated rings. The van der Waals surface area contributed by atoms with Gasteiger partial charge >= 0.3 is 0 Å². The molecule has 0 radical (unpaired) electrons. The number of allylic oxidation sites excluding steroid dienone is 2. The molecule has 2 aliphatic heterocycles. The van der Waals surface area contributed by atoms with Crippen LogP contribution in [0.5, 0.6) is 0 Å². The van der Waals surface area contributed by atoms with E-state index >= 15 is 0 Å². The lowest BCUT2D eigenvalue weighted by molar-refractivity contribution is 0.335. The minimum absolute atomic E-state index is 0.0730. The second-order valence-electron chi connectivity index (χ2n) is 4.45. The molecule has 1 unspecified atom stereocenters. The van der Waals surface area contributed by atoms with Gasteiger partial charge in [-0.3, -0.25) is 0 Å². The van der Waals surface area contributed by atoms with Crippen molar-refractivity contribution in [3.05, 3.63) is 59.8 Å². The van der Waals surface area contributed by atoms with Crippen molar-refractivity contribution in [2.75, 3.05) is 0 Å². The number of hydrogen-bond acceptors (Lipinski definition) is 1. The molecule has 0 N–H and O–H groups in total. The van der Waals surface area contributed by atoms with Crippen LogP contribution in [-0.4, -0.2) is 12.2 Å². The zero-order valence-electron chi connectivity index (χ0n) is 8.98. The summed E-state index contributed by atoms with van der Waals surface area (Å²) in [6.45, 7) is 2.30. The Labute approximate surface area is 91.4 Å². The van der Waals surface area contributed by atoms with Crippen LogP contribution in [0.15, 0.2) is 48.7 Å². The Hall–Kier alpha value is -1.44. The highest BCUT2D eigenvalue weighted by Crippen LogP contribution is 2.37. The van der Waals surface area contributed by atoms with Crippen LogP contribution in [0.25, 0.3) is 0 Å². The fourth-order valence-electron chi connectivity index (χ4n) is 2.67. The van der Waals surface area contributed by atoms with E-state index in [1.165, 1.54) is 11.1 Å². The predicted octanol–water partition coefficient (Wildman–Crippen LogP) is 2.15. The highest BCUT2D eigenvalue weighted by molar-refractivity contribution is 6.33. The summed E-state index contributed by atoms with van der Waals surface area (Å²) in [6, 6.07) is 8.79. The van der Waals surface area contributed by atoms with Gasteiger partial charge in [0.15, 0.2) is 0 Å². The zero-order chi connectivity index (χ0) is 10.3. The van der Waals surface area contributed by atoms with Gasteiger partial charge in [-0.15, -0.1) is 0 Å². The molecule has 1 aromatic carbocycles. The van der Waals surface area contributed by atoms with Gasteiger partial charge in [0.2, 0.25) is 7.41 Å². The number of rotatable bonds is 0. The van der Waals surface area contributed by atoms with Crippen molar-refractivity contribution in [3.8, 4) is 0 Å². The van der Waals surface area contributed by atoms with E-state index in [0.29, 0.717) is 0 Å². The van der Waals surface area contributed by atoms with E-state index < -0.39 is 0 Å². The molecule has 1 nitrogen and oxygen atoms in total. The molecule has 0 bridgehead atoms. The van der Waals surface area contributed by atoms with Gasteiger partial charge in [0.25, 0.3) is 0 Å². The van der Waals surface area contributed by atoms with E-state index in [2.05, 4.69) is 60.4 Å². The Balaban J connectivity index is 2.18. The van der Waals surface area contributed by atoms with Gasteiger partial charge in [0.1, 0.15) is 0 Å². The van der Waals surface area contributed by atoms with Crippen molar-refractivity contribution in [2.45, 2.75) is 18.8 Å². The first kappa shape index (κ1) is 8.84. The summed E-state index contributed by atoms with van der Waals surface area (Å²) in [6.07, 6.45) is 9.93. The normalized spacial score (nSPS) is 26.9. The van der Waals surface area contributed by atoms with E-state index in [1.54, 1.807) is 0 Å². The van der Waals surface area contributed by atoms with E-state index in [1.807, 2.05) is 0 Å². The highest BCUT2D eigenvalue weighted by atomic mass is 15.1. The average Bonchev–Trinajstić information content (AvgIpc) is 2.29. The summed E-state index contributed by atoms with van der Waals surface area (Å²) >= 11 is 0. The van der Waals surface area contributed by atoms with Crippen LogP contribution in [0.3, 0.4) is 0 Å². The van der Waals surface area contributed by atoms with Crippen molar-refractivity contribution in [1.29, 1.82) is 0 Å². The molecule has 15 heavy (non-hydrogen) atoms. The predicted molar refractivity (Wildman–Crippen MR) is 64.8 cm³/mol. The molecule has 74 valence electrons. The lowest BCUT2D eigenvalue weighted by Crippen LogP contribution is -2.47. The fraction of sp³-hybridized carbons (Fsp3) is 0.231. The third-order valence-corrected chi connectivity index (χ3v) is 3.58. The van der Waals surface area contributed by atoms with Crippen molar-refractivity contribution in [2.24, 2.45) is 0 Å². The Kier molecular flexibility index (Phi) is 1.78. The van der Waals surface area contributed by atoms with Crippen LogP contribution in [-0.2, 0) is 11.9 Å². The van der Waals surface area contributed by atoms with Gasteiger partial charge < -0.3 is 4.81 Å². The Morgan fingerprint density at radius 2 is 2.13 bits per heavy atom. The molecule has 2 aliphatic rings. The first-order chi connectivity index (χ1) is 7.31. The second kappa shape index (κ2) is 3.03. The number of fused-ring (bicyclic) bond motifs is 3. The van der Waals surface area contributed by atoms with E-state index in [-0.39, 0.29) is 5.54 Å². The van der Waals surface area contributed by atoms with Gasteiger partial charge in [0, 0.05) is 0 Å². The molecular formula is C13H14BN. The van der Waals surface area contributed by atoms with Crippen LogP contribution >= 0.6 is 0 Å². The van der Waals surface area contributed by atoms with Crippen molar-refractivity contribution >= 4 is 7.41 Å². The lowest BCUT2D eigenvalue weighted by Gasteiger charge is -2.45. The summed E-state index contributed by atoms with van der Waals surface area (Å²) in [7, 11) is 1.12. The van der Waals surface area contributed by atoms with Crippen molar-refractivity contribution in [1.82, 2.24) is 4.81 Å². The molecule has 0 aliphatic carbocycles. The van der Waals surface area contributed by atoms with E-state index in [0.717, 1.165) is 13.7 Å². The standard InChI is InChI=1S/C13H14BN/c1-13-8-4-5-9-15(13)14-10-11-6-2-3-7-12(11)13/h2-9,14H,10H2,1H3. The average molecular weight is 195 g/mol. The minimum Gasteiger partial charge on any atom is -0.412 e. The van der Waals surface area contributed by atoms with E-state index in [4.69, 9.17) is 0 Å². The SMILES string of the molecule is CC12C=CC=CN1BCc1ccccc12. The minimum atomic E-state index is 0.0730. The van der Waals surface area contributed by atoms with Crippen LogP contribution in [0.4, 0.5) is 0 Å². The first-order valence-electron chi connectivity index (χ1n) is 5.52. The van der Waals surface area contributed by atoms with Crippen LogP contribution in [0.1, 0.15) is 18.1 Å². The van der Waals surface area contributed by atoms with Gasteiger partial charge in [-0.1, -0.05) is 36.4 Å². The maximum Gasteiger partial charge on any atom is 0.241 e. The third kappa shape index (κ3) is 1.17. The van der Waals surface area contributed by atoms with Crippen LogP contribution < -0.4 is 0 Å². The molecule has 2 heteroatoms. The highest BCUT2D eigenvalue weighted by Gasteiger charge is 2.35. The molecule has 0 saturated heterocycles. The maximum atomic E-state index is 2.43. The molecule has 1 atom stereocenters. The molecular weight excluding hydrogens is 181 g/mol. The van der Waals surface area contributed by atoms with Gasteiger partial charge in [-0.2, -0.15) is 0 Å². The summed E-state index contributed by atoms with van der Waals surface area (Å²) in [5.41, 5.74) is 3.02. The number of nitrogens with zero attached hydrogens (tertiary/aromatic N) is 1. The fourth-order valence-corrected chi connectivity index (χ4v) is 2.67. The zero-order valence-corrected chi connectivity index (χ0v) is 8.98. The largest absolute Gasteiger partial charge is 0.412 e. The molecule has 1 aromatic rings. The number of hydrogen-bond donors (Lipinski definition) is 0. The molecule has 0 saturated carbocycles. The van der Waals surface area contributed by atoms with Crippen LogP contribution in [0.2, 0.25) is 0 Å². The summed E-state index contributed by atoms with van der Waals surface area (Å²) in [4.78, 5) is 2.43. The lowest BCUT2D eigenvalue weighted by atomic mass is 9.67. The molecule has 0 spiro atoms. The molecule has 0 aromatic heterocycles. The smallest absolute Gasteiger partial charge is 0.241 e. The molecule has 0 amide bonds. The topological polar surface area (TPSA) is 3.24 Å². The number of benzene rings is 1. The second-order valence-corrected chi connectivity index (χ2v) is 4.45. The summed E-state index contributed by atoms with van der Waals surface area (Å²) < 4.78 is 0. The Morgan fingerprint density at radius 1 is 1.27 bits per heavy atom. The van der Waals surface area contributed by atoms with Crippen molar-refractivity contribution in [3.63, 3.8) is 0 Å². The van der Waals surface area contributed by atoms with Crippen LogP contribution in [0, 0.1) is 0 Å². The van der Waals surface area contributed by atoms with Crippen molar-refractivity contribution < 1.29 is 0 Å². The molecule has 2 heterocycles. The summed E-state index contributed by atoms with van der Waals surface area (Å²) in [5, 5.41) is 0. The Bertz CT molecular complexity index is 450. The van der Waals surface area contributed by atoms with E-state index in [9.17, 15) is 0 Å². The first-order valence-corrected chi connectivity index (χ1v) is 5.52. The van der Waals surface area contributed by atoms with Gasteiger partial charge in [0.05, 0.1) is 5.54 Å².